The summed E-state index contributed by atoms with van der Waals surface area (Å²) >= 11 is 0. The summed E-state index contributed by atoms with van der Waals surface area (Å²) in [6.07, 6.45) is 3.08. The average Bonchev–Trinajstić information content (AvgIpc) is 2.21. The minimum atomic E-state index is 0.509. The maximum Gasteiger partial charge on any atom is 0.0345 e. The van der Waals surface area contributed by atoms with Crippen molar-refractivity contribution in [2.24, 2.45) is 0 Å². The SMILES string of the molecule is C=CCN(C)C(CC)c1ccccc1. The third-order valence-electron chi connectivity index (χ3n) is 2.52. The van der Waals surface area contributed by atoms with E-state index in [9.17, 15) is 0 Å². The molecule has 0 spiro atoms. The lowest BCUT2D eigenvalue weighted by atomic mass is 10.0. The lowest BCUT2D eigenvalue weighted by molar-refractivity contribution is 0.264. The van der Waals surface area contributed by atoms with Crippen LogP contribution in [0.25, 0.3) is 0 Å². The normalized spacial score (nSPS) is 12.8. The molecular formula is C13H19N. The second kappa shape index (κ2) is 5.61. The van der Waals surface area contributed by atoms with Gasteiger partial charge in [-0.1, -0.05) is 43.3 Å². The summed E-state index contributed by atoms with van der Waals surface area (Å²) in [7, 11) is 2.14. The van der Waals surface area contributed by atoms with Crippen molar-refractivity contribution >= 4 is 0 Å². The van der Waals surface area contributed by atoms with Gasteiger partial charge in [-0.05, 0) is 19.0 Å². The lowest BCUT2D eigenvalue weighted by Crippen LogP contribution is -2.24. The van der Waals surface area contributed by atoms with Gasteiger partial charge in [0.25, 0.3) is 0 Å². The largest absolute Gasteiger partial charge is 0.296 e. The first kappa shape index (κ1) is 11.0. The summed E-state index contributed by atoms with van der Waals surface area (Å²) in [5.41, 5.74) is 1.39. The number of hydrogen-bond donors (Lipinski definition) is 0. The van der Waals surface area contributed by atoms with Crippen molar-refractivity contribution in [1.82, 2.24) is 4.90 Å². The summed E-state index contributed by atoms with van der Waals surface area (Å²) in [6.45, 7) is 6.93. The number of nitrogens with zero attached hydrogens (tertiary/aromatic N) is 1. The third-order valence-corrected chi connectivity index (χ3v) is 2.52. The van der Waals surface area contributed by atoms with E-state index in [4.69, 9.17) is 0 Å². The van der Waals surface area contributed by atoms with E-state index in [1.54, 1.807) is 0 Å². The van der Waals surface area contributed by atoms with Gasteiger partial charge >= 0.3 is 0 Å². The Balaban J connectivity index is 2.76. The first-order chi connectivity index (χ1) is 6.79. The Bertz CT molecular complexity index is 266. The molecule has 0 heterocycles. The Labute approximate surface area is 87.1 Å². The van der Waals surface area contributed by atoms with E-state index in [0.717, 1.165) is 13.0 Å². The van der Waals surface area contributed by atoms with Gasteiger partial charge in [0.1, 0.15) is 0 Å². The van der Waals surface area contributed by atoms with Crippen LogP contribution in [0.2, 0.25) is 0 Å². The zero-order valence-electron chi connectivity index (χ0n) is 9.11. The molecule has 0 bridgehead atoms. The quantitative estimate of drug-likeness (QED) is 0.643. The minimum absolute atomic E-state index is 0.509. The molecule has 14 heavy (non-hydrogen) atoms. The van der Waals surface area contributed by atoms with Crippen LogP contribution in [-0.2, 0) is 0 Å². The molecule has 76 valence electrons. The van der Waals surface area contributed by atoms with Crippen molar-refractivity contribution in [1.29, 1.82) is 0 Å². The highest BCUT2D eigenvalue weighted by Gasteiger charge is 2.12. The van der Waals surface area contributed by atoms with Crippen LogP contribution in [-0.4, -0.2) is 18.5 Å². The van der Waals surface area contributed by atoms with Crippen LogP contribution in [0.1, 0.15) is 24.9 Å². The topological polar surface area (TPSA) is 3.24 Å². The lowest BCUT2D eigenvalue weighted by Gasteiger charge is -2.26. The number of benzene rings is 1. The molecule has 0 aliphatic heterocycles. The Morgan fingerprint density at radius 3 is 2.50 bits per heavy atom. The second-order valence-electron chi connectivity index (χ2n) is 3.56. The molecule has 0 aliphatic carbocycles. The Kier molecular flexibility index (Phi) is 4.41. The molecule has 1 atom stereocenters. The van der Waals surface area contributed by atoms with E-state index in [1.807, 2.05) is 6.08 Å². The molecule has 1 aromatic rings. The minimum Gasteiger partial charge on any atom is -0.296 e. The highest BCUT2D eigenvalue weighted by atomic mass is 15.1. The van der Waals surface area contributed by atoms with Crippen molar-refractivity contribution < 1.29 is 0 Å². The summed E-state index contributed by atoms with van der Waals surface area (Å²) in [4.78, 5) is 2.32. The molecule has 0 amide bonds. The molecule has 0 aromatic heterocycles. The van der Waals surface area contributed by atoms with Crippen LogP contribution in [0.4, 0.5) is 0 Å². The molecule has 0 aliphatic rings. The van der Waals surface area contributed by atoms with E-state index in [1.165, 1.54) is 5.56 Å². The molecule has 1 unspecified atom stereocenters. The number of rotatable bonds is 5. The van der Waals surface area contributed by atoms with Gasteiger partial charge in [0, 0.05) is 12.6 Å². The van der Waals surface area contributed by atoms with Crippen LogP contribution in [0.15, 0.2) is 43.0 Å². The monoisotopic (exact) mass is 189 g/mol. The van der Waals surface area contributed by atoms with Crippen LogP contribution >= 0.6 is 0 Å². The molecule has 0 N–H and O–H groups in total. The molecule has 1 aromatic carbocycles. The molecule has 0 saturated heterocycles. The fourth-order valence-corrected chi connectivity index (χ4v) is 1.81. The third kappa shape index (κ3) is 2.71. The van der Waals surface area contributed by atoms with E-state index in [2.05, 4.69) is 55.8 Å². The van der Waals surface area contributed by atoms with Gasteiger partial charge in [0.15, 0.2) is 0 Å². The van der Waals surface area contributed by atoms with Crippen LogP contribution in [0, 0.1) is 0 Å². The van der Waals surface area contributed by atoms with Crippen LogP contribution in [0.3, 0.4) is 0 Å². The van der Waals surface area contributed by atoms with Gasteiger partial charge in [-0.2, -0.15) is 0 Å². The summed E-state index contributed by atoms with van der Waals surface area (Å²) in [5.74, 6) is 0. The van der Waals surface area contributed by atoms with Crippen molar-refractivity contribution in [3.63, 3.8) is 0 Å². The average molecular weight is 189 g/mol. The molecule has 1 nitrogen and oxygen atoms in total. The first-order valence-corrected chi connectivity index (χ1v) is 5.15. The van der Waals surface area contributed by atoms with Gasteiger partial charge in [0.05, 0.1) is 0 Å². The van der Waals surface area contributed by atoms with Crippen molar-refractivity contribution in [3.8, 4) is 0 Å². The van der Waals surface area contributed by atoms with E-state index < -0.39 is 0 Å². The number of hydrogen-bond acceptors (Lipinski definition) is 1. The van der Waals surface area contributed by atoms with E-state index >= 15 is 0 Å². The molecule has 0 fully saturated rings. The highest BCUT2D eigenvalue weighted by molar-refractivity contribution is 5.18. The maximum absolute atomic E-state index is 3.77. The standard InChI is InChI=1S/C13H19N/c1-4-11-14(3)13(5-2)12-9-7-6-8-10-12/h4,6-10,13H,1,5,11H2,2-3H3. The predicted molar refractivity (Wildman–Crippen MR) is 62.3 cm³/mol. The summed E-state index contributed by atoms with van der Waals surface area (Å²) < 4.78 is 0. The zero-order chi connectivity index (χ0) is 10.4. The van der Waals surface area contributed by atoms with E-state index in [-0.39, 0.29) is 0 Å². The smallest absolute Gasteiger partial charge is 0.0345 e. The van der Waals surface area contributed by atoms with Crippen LogP contribution in [0.5, 0.6) is 0 Å². The highest BCUT2D eigenvalue weighted by Crippen LogP contribution is 2.21. The summed E-state index contributed by atoms with van der Waals surface area (Å²) in [6, 6.07) is 11.1. The molecule has 0 radical (unpaired) electrons. The molecular weight excluding hydrogens is 170 g/mol. The first-order valence-electron chi connectivity index (χ1n) is 5.15. The molecule has 0 saturated carbocycles. The fourth-order valence-electron chi connectivity index (χ4n) is 1.81. The predicted octanol–water partition coefficient (Wildman–Crippen LogP) is 3.26. The number of likely N-dealkylation sites (N-methyl/N-ethyl adjacent to an activating group) is 1. The van der Waals surface area contributed by atoms with Crippen molar-refractivity contribution in [3.05, 3.63) is 48.6 Å². The van der Waals surface area contributed by atoms with Gasteiger partial charge < -0.3 is 0 Å². The molecule has 1 rings (SSSR count). The van der Waals surface area contributed by atoms with Gasteiger partial charge in [-0.3, -0.25) is 4.90 Å². The van der Waals surface area contributed by atoms with Crippen molar-refractivity contribution in [2.75, 3.05) is 13.6 Å². The molecule has 1 heteroatoms. The summed E-state index contributed by atoms with van der Waals surface area (Å²) in [5, 5.41) is 0. The van der Waals surface area contributed by atoms with Gasteiger partial charge in [-0.15, -0.1) is 6.58 Å². The Morgan fingerprint density at radius 2 is 2.00 bits per heavy atom. The zero-order valence-corrected chi connectivity index (χ0v) is 9.11. The van der Waals surface area contributed by atoms with Gasteiger partial charge in [-0.25, -0.2) is 0 Å². The van der Waals surface area contributed by atoms with E-state index in [0.29, 0.717) is 6.04 Å². The van der Waals surface area contributed by atoms with Gasteiger partial charge in [0.2, 0.25) is 0 Å². The fraction of sp³-hybridized carbons (Fsp3) is 0.385. The van der Waals surface area contributed by atoms with Crippen LogP contribution < -0.4 is 0 Å². The van der Waals surface area contributed by atoms with Crippen molar-refractivity contribution in [2.45, 2.75) is 19.4 Å². The Morgan fingerprint density at radius 1 is 1.36 bits per heavy atom. The Hall–Kier alpha value is -1.08. The second-order valence-corrected chi connectivity index (χ2v) is 3.56. The maximum atomic E-state index is 3.77.